The maximum absolute atomic E-state index is 14.1. The SMILES string of the molecule is COc1ccc2c(c1)[nH]c(=S)n2-c1cc(C)ccc1F. The average Bonchev–Trinajstić information content (AvgIpc) is 2.76. The number of aromatic amines is 1. The Labute approximate surface area is 120 Å². The van der Waals surface area contributed by atoms with Crippen LogP contribution in [0.5, 0.6) is 5.75 Å². The molecule has 0 spiro atoms. The molecule has 3 aromatic rings. The summed E-state index contributed by atoms with van der Waals surface area (Å²) >= 11 is 5.32. The van der Waals surface area contributed by atoms with Crippen molar-refractivity contribution in [1.29, 1.82) is 0 Å². The first-order valence-electron chi connectivity index (χ1n) is 6.15. The topological polar surface area (TPSA) is 29.9 Å². The number of fused-ring (bicyclic) bond motifs is 1. The van der Waals surface area contributed by atoms with Gasteiger partial charge >= 0.3 is 0 Å². The highest BCUT2D eigenvalue weighted by Gasteiger charge is 2.11. The lowest BCUT2D eigenvalue weighted by molar-refractivity contribution is 0.415. The molecular formula is C15H13FN2OS. The molecule has 1 aromatic heterocycles. The molecule has 102 valence electrons. The van der Waals surface area contributed by atoms with Gasteiger partial charge in [0.2, 0.25) is 0 Å². The third kappa shape index (κ3) is 2.00. The number of hydrogen-bond donors (Lipinski definition) is 1. The first-order valence-corrected chi connectivity index (χ1v) is 6.56. The van der Waals surface area contributed by atoms with Gasteiger partial charge in [0.1, 0.15) is 11.6 Å². The fraction of sp³-hybridized carbons (Fsp3) is 0.133. The van der Waals surface area contributed by atoms with Gasteiger partial charge < -0.3 is 9.72 Å². The maximum atomic E-state index is 14.1. The summed E-state index contributed by atoms with van der Waals surface area (Å²) in [6.07, 6.45) is 0. The van der Waals surface area contributed by atoms with Crippen LogP contribution in [-0.4, -0.2) is 16.7 Å². The van der Waals surface area contributed by atoms with Crippen LogP contribution < -0.4 is 4.74 Å². The number of aromatic nitrogens is 2. The summed E-state index contributed by atoms with van der Waals surface area (Å²) in [6.45, 7) is 1.92. The van der Waals surface area contributed by atoms with Crippen molar-refractivity contribution in [3.8, 4) is 11.4 Å². The number of hydrogen-bond acceptors (Lipinski definition) is 2. The summed E-state index contributed by atoms with van der Waals surface area (Å²) in [7, 11) is 1.60. The second-order valence-electron chi connectivity index (χ2n) is 4.60. The predicted molar refractivity (Wildman–Crippen MR) is 79.7 cm³/mol. The van der Waals surface area contributed by atoms with E-state index < -0.39 is 0 Å². The van der Waals surface area contributed by atoms with Gasteiger partial charge in [0.25, 0.3) is 0 Å². The van der Waals surface area contributed by atoms with Crippen LogP contribution in [0.25, 0.3) is 16.7 Å². The number of H-pyrrole nitrogens is 1. The van der Waals surface area contributed by atoms with Crippen molar-refractivity contribution in [3.63, 3.8) is 0 Å². The highest BCUT2D eigenvalue weighted by Crippen LogP contribution is 2.25. The zero-order valence-corrected chi connectivity index (χ0v) is 11.9. The van der Waals surface area contributed by atoms with Crippen LogP contribution in [0, 0.1) is 17.5 Å². The van der Waals surface area contributed by atoms with E-state index in [2.05, 4.69) is 4.98 Å². The quantitative estimate of drug-likeness (QED) is 0.718. The monoisotopic (exact) mass is 288 g/mol. The first-order chi connectivity index (χ1) is 9.60. The smallest absolute Gasteiger partial charge is 0.182 e. The van der Waals surface area contributed by atoms with Gasteiger partial charge in [-0.1, -0.05) is 6.07 Å². The van der Waals surface area contributed by atoms with Gasteiger partial charge in [0.05, 0.1) is 23.8 Å². The zero-order valence-electron chi connectivity index (χ0n) is 11.1. The van der Waals surface area contributed by atoms with E-state index in [-0.39, 0.29) is 5.82 Å². The van der Waals surface area contributed by atoms with Gasteiger partial charge in [0.15, 0.2) is 4.77 Å². The minimum Gasteiger partial charge on any atom is -0.497 e. The second-order valence-corrected chi connectivity index (χ2v) is 4.99. The summed E-state index contributed by atoms with van der Waals surface area (Å²) in [5.41, 5.74) is 3.06. The summed E-state index contributed by atoms with van der Waals surface area (Å²) in [4.78, 5) is 3.08. The normalized spacial score (nSPS) is 10.9. The lowest BCUT2D eigenvalue weighted by atomic mass is 10.2. The highest BCUT2D eigenvalue weighted by atomic mass is 32.1. The molecule has 0 aliphatic heterocycles. The van der Waals surface area contributed by atoms with Crippen LogP contribution in [0.4, 0.5) is 4.39 Å². The second kappa shape index (κ2) is 4.76. The fourth-order valence-corrected chi connectivity index (χ4v) is 2.56. The first kappa shape index (κ1) is 12.9. The third-order valence-corrected chi connectivity index (χ3v) is 3.52. The number of aryl methyl sites for hydroxylation is 1. The molecule has 0 bridgehead atoms. The van der Waals surface area contributed by atoms with Crippen LogP contribution in [0.15, 0.2) is 36.4 Å². The van der Waals surface area contributed by atoms with Crippen molar-refractivity contribution in [2.75, 3.05) is 7.11 Å². The molecule has 0 aliphatic carbocycles. The summed E-state index contributed by atoms with van der Waals surface area (Å²) in [6, 6.07) is 10.5. The van der Waals surface area contributed by atoms with Gasteiger partial charge in [-0.15, -0.1) is 0 Å². The third-order valence-electron chi connectivity index (χ3n) is 3.23. The van der Waals surface area contributed by atoms with E-state index in [0.29, 0.717) is 10.5 Å². The van der Waals surface area contributed by atoms with Crippen molar-refractivity contribution in [2.45, 2.75) is 6.92 Å². The molecule has 0 aliphatic rings. The van der Waals surface area contributed by atoms with E-state index in [4.69, 9.17) is 17.0 Å². The molecule has 0 saturated heterocycles. The van der Waals surface area contributed by atoms with Gasteiger partial charge in [-0.25, -0.2) is 4.39 Å². The number of imidazole rings is 1. The standard InChI is InChI=1S/C15H13FN2OS/c1-9-3-5-11(16)14(7-9)18-13-6-4-10(19-2)8-12(13)17-15(18)20/h3-8H,1-2H3,(H,17,20). The predicted octanol–water partition coefficient (Wildman–Crippen LogP) is 4.14. The lowest BCUT2D eigenvalue weighted by Gasteiger charge is -2.07. The highest BCUT2D eigenvalue weighted by molar-refractivity contribution is 7.71. The molecule has 0 atom stereocenters. The minimum absolute atomic E-state index is 0.302. The van der Waals surface area contributed by atoms with Crippen LogP contribution in [0.2, 0.25) is 0 Å². The molecule has 1 heterocycles. The Morgan fingerprint density at radius 2 is 2.00 bits per heavy atom. The van der Waals surface area contributed by atoms with Crippen molar-refractivity contribution in [2.24, 2.45) is 0 Å². The summed E-state index contributed by atoms with van der Waals surface area (Å²) in [5, 5.41) is 0. The van der Waals surface area contributed by atoms with E-state index in [1.165, 1.54) is 6.07 Å². The molecule has 0 saturated carbocycles. The van der Waals surface area contributed by atoms with Gasteiger partial charge in [-0.05, 0) is 49.0 Å². The van der Waals surface area contributed by atoms with Crippen molar-refractivity contribution in [3.05, 3.63) is 52.5 Å². The Bertz CT molecular complexity index is 851. The Kier molecular flexibility index (Phi) is 3.06. The largest absolute Gasteiger partial charge is 0.497 e. The number of rotatable bonds is 2. The lowest BCUT2D eigenvalue weighted by Crippen LogP contribution is -1.98. The molecule has 0 fully saturated rings. The minimum atomic E-state index is -0.302. The number of nitrogens with one attached hydrogen (secondary N) is 1. The zero-order chi connectivity index (χ0) is 14.3. The van der Waals surface area contributed by atoms with E-state index in [1.807, 2.05) is 25.1 Å². The van der Waals surface area contributed by atoms with E-state index in [0.717, 1.165) is 22.3 Å². The van der Waals surface area contributed by atoms with Crippen molar-refractivity contribution < 1.29 is 9.13 Å². The molecule has 0 unspecified atom stereocenters. The molecule has 20 heavy (non-hydrogen) atoms. The number of methoxy groups -OCH3 is 1. The fourth-order valence-electron chi connectivity index (χ4n) is 2.25. The molecular weight excluding hydrogens is 275 g/mol. The van der Waals surface area contributed by atoms with Crippen molar-refractivity contribution in [1.82, 2.24) is 9.55 Å². The van der Waals surface area contributed by atoms with Crippen LogP contribution in [-0.2, 0) is 0 Å². The van der Waals surface area contributed by atoms with Gasteiger partial charge in [-0.3, -0.25) is 4.57 Å². The molecule has 5 heteroatoms. The van der Waals surface area contributed by atoms with Gasteiger partial charge in [-0.2, -0.15) is 0 Å². The van der Waals surface area contributed by atoms with E-state index in [1.54, 1.807) is 23.8 Å². The van der Waals surface area contributed by atoms with Gasteiger partial charge in [0, 0.05) is 6.07 Å². The van der Waals surface area contributed by atoms with Crippen LogP contribution in [0.3, 0.4) is 0 Å². The summed E-state index contributed by atoms with van der Waals surface area (Å²) < 4.78 is 21.4. The Balaban J connectivity index is 2.33. The van der Waals surface area contributed by atoms with Crippen LogP contribution in [0.1, 0.15) is 5.56 Å². The number of benzene rings is 2. The Morgan fingerprint density at radius 1 is 1.20 bits per heavy atom. The molecule has 2 aromatic carbocycles. The van der Waals surface area contributed by atoms with E-state index >= 15 is 0 Å². The van der Waals surface area contributed by atoms with Crippen LogP contribution >= 0.6 is 12.2 Å². The Morgan fingerprint density at radius 3 is 2.75 bits per heavy atom. The molecule has 0 amide bonds. The Hall–Kier alpha value is -2.14. The number of ether oxygens (including phenoxy) is 1. The molecule has 0 radical (unpaired) electrons. The number of nitrogens with zero attached hydrogens (tertiary/aromatic N) is 1. The van der Waals surface area contributed by atoms with E-state index in [9.17, 15) is 4.39 Å². The number of halogens is 1. The van der Waals surface area contributed by atoms with Crippen molar-refractivity contribution >= 4 is 23.3 Å². The molecule has 1 N–H and O–H groups in total. The maximum Gasteiger partial charge on any atom is 0.182 e. The summed E-state index contributed by atoms with van der Waals surface area (Å²) in [5.74, 6) is 0.425. The molecule has 3 nitrogen and oxygen atoms in total. The average molecular weight is 288 g/mol. The molecule has 3 rings (SSSR count).